The Morgan fingerprint density at radius 2 is 1.79 bits per heavy atom. The van der Waals surface area contributed by atoms with Crippen LogP contribution in [0.15, 0.2) is 47.4 Å². The average molecular weight is 498 g/mol. The van der Waals surface area contributed by atoms with Crippen LogP contribution in [0.25, 0.3) is 0 Å². The van der Waals surface area contributed by atoms with Gasteiger partial charge in [-0.2, -0.15) is 13.2 Å². The van der Waals surface area contributed by atoms with Crippen molar-refractivity contribution in [2.45, 2.75) is 44.7 Å². The Morgan fingerprint density at radius 1 is 1.12 bits per heavy atom. The minimum Gasteiger partial charge on any atom is -0.371 e. The first kappa shape index (κ1) is 25.9. The van der Waals surface area contributed by atoms with Gasteiger partial charge in [-0.3, -0.25) is 9.52 Å². The van der Waals surface area contributed by atoms with Crippen molar-refractivity contribution in [2.24, 2.45) is 11.8 Å². The van der Waals surface area contributed by atoms with E-state index in [9.17, 15) is 26.4 Å². The second-order valence-electron chi connectivity index (χ2n) is 9.14. The Bertz CT molecular complexity index is 1130. The van der Waals surface area contributed by atoms with E-state index in [1.165, 1.54) is 12.1 Å². The van der Waals surface area contributed by atoms with Crippen LogP contribution >= 0.6 is 0 Å². The van der Waals surface area contributed by atoms with Crippen LogP contribution in [0.3, 0.4) is 0 Å². The van der Waals surface area contributed by atoms with Crippen molar-refractivity contribution < 1.29 is 26.4 Å². The number of piperidine rings is 1. The summed E-state index contributed by atoms with van der Waals surface area (Å²) in [5.74, 6) is 0.487. The van der Waals surface area contributed by atoms with Gasteiger partial charge in [-0.15, -0.1) is 0 Å². The molecule has 1 fully saturated rings. The summed E-state index contributed by atoms with van der Waals surface area (Å²) >= 11 is 0. The number of rotatable bonds is 7. The van der Waals surface area contributed by atoms with Crippen molar-refractivity contribution in [3.05, 3.63) is 53.6 Å². The Balaban J connectivity index is 1.92. The molecule has 186 valence electrons. The summed E-state index contributed by atoms with van der Waals surface area (Å²) in [6.07, 6.45) is -2.70. The molecule has 0 radical (unpaired) electrons. The lowest BCUT2D eigenvalue weighted by atomic mass is 9.98. The van der Waals surface area contributed by atoms with Crippen molar-refractivity contribution in [3.63, 3.8) is 0 Å². The normalized spacial score (nSPS) is 15.4. The fraction of sp³-hybridized carbons (Fsp3) is 0.458. The van der Waals surface area contributed by atoms with Crippen LogP contribution in [-0.2, 0) is 16.2 Å². The summed E-state index contributed by atoms with van der Waals surface area (Å²) in [7, 11) is -4.30. The van der Waals surface area contributed by atoms with Crippen molar-refractivity contribution >= 4 is 27.3 Å². The van der Waals surface area contributed by atoms with Gasteiger partial charge in [-0.25, -0.2) is 8.42 Å². The molecule has 0 unspecified atom stereocenters. The average Bonchev–Trinajstić information content (AvgIpc) is 2.77. The van der Waals surface area contributed by atoms with Gasteiger partial charge in [0.25, 0.3) is 15.9 Å². The van der Waals surface area contributed by atoms with Crippen LogP contribution < -0.4 is 14.9 Å². The van der Waals surface area contributed by atoms with Crippen molar-refractivity contribution in [1.82, 2.24) is 5.32 Å². The molecule has 0 bridgehead atoms. The Labute approximate surface area is 198 Å². The first-order valence-corrected chi connectivity index (χ1v) is 12.7. The molecule has 0 aromatic heterocycles. The molecule has 0 aliphatic carbocycles. The minimum atomic E-state index is -4.67. The number of hydrogen-bond acceptors (Lipinski definition) is 4. The van der Waals surface area contributed by atoms with Crippen molar-refractivity contribution in [3.8, 4) is 0 Å². The second kappa shape index (κ2) is 10.2. The maximum atomic E-state index is 13.0. The molecular weight excluding hydrogens is 467 g/mol. The van der Waals surface area contributed by atoms with Crippen LogP contribution in [0, 0.1) is 11.8 Å². The molecule has 1 heterocycles. The monoisotopic (exact) mass is 497 g/mol. The molecule has 1 aliphatic heterocycles. The highest BCUT2D eigenvalue weighted by Gasteiger charge is 2.32. The van der Waals surface area contributed by atoms with Gasteiger partial charge in [0.15, 0.2) is 0 Å². The summed E-state index contributed by atoms with van der Waals surface area (Å²) in [5, 5.41) is 2.86. The number of sulfonamides is 1. The van der Waals surface area contributed by atoms with Gasteiger partial charge in [-0.1, -0.05) is 26.8 Å². The third kappa shape index (κ3) is 6.43. The standard InChI is InChI=1S/C24H30F3N3O3S/c1-16(2)15-28-23(31)21-14-19(7-8-22(21)30-11-9-17(3)10-12-30)29-34(32,33)20-6-4-5-18(13-20)24(25,26)27/h4-8,13-14,16-17,29H,9-12,15H2,1-3H3,(H,28,31). The molecule has 1 saturated heterocycles. The zero-order valence-corrected chi connectivity index (χ0v) is 20.3. The van der Waals surface area contributed by atoms with E-state index in [4.69, 9.17) is 0 Å². The lowest BCUT2D eigenvalue weighted by Crippen LogP contribution is -2.35. The smallest absolute Gasteiger partial charge is 0.371 e. The summed E-state index contributed by atoms with van der Waals surface area (Å²) in [6, 6.07) is 8.18. The van der Waals surface area contributed by atoms with Gasteiger partial charge >= 0.3 is 6.18 Å². The molecule has 1 amide bonds. The van der Waals surface area contributed by atoms with E-state index in [-0.39, 0.29) is 17.5 Å². The van der Waals surface area contributed by atoms with Gasteiger partial charge in [0.2, 0.25) is 0 Å². The summed E-state index contributed by atoms with van der Waals surface area (Å²) in [6.45, 7) is 8.12. The second-order valence-corrected chi connectivity index (χ2v) is 10.8. The number of alkyl halides is 3. The SMILES string of the molecule is CC(C)CNC(=O)c1cc(NS(=O)(=O)c2cccc(C(F)(F)F)c2)ccc1N1CCC(C)CC1. The van der Waals surface area contributed by atoms with Crippen LogP contribution in [0.4, 0.5) is 24.5 Å². The summed E-state index contributed by atoms with van der Waals surface area (Å²) < 4.78 is 67.0. The molecule has 2 N–H and O–H groups in total. The van der Waals surface area contributed by atoms with E-state index in [2.05, 4.69) is 21.9 Å². The van der Waals surface area contributed by atoms with Crippen LogP contribution in [-0.4, -0.2) is 34.0 Å². The van der Waals surface area contributed by atoms with Crippen molar-refractivity contribution in [1.29, 1.82) is 0 Å². The molecule has 3 rings (SSSR count). The highest BCUT2D eigenvalue weighted by Crippen LogP contribution is 2.32. The number of nitrogens with one attached hydrogen (secondary N) is 2. The van der Waals surface area contributed by atoms with E-state index < -0.39 is 26.7 Å². The van der Waals surface area contributed by atoms with E-state index >= 15 is 0 Å². The molecule has 2 aromatic rings. The first-order valence-electron chi connectivity index (χ1n) is 11.2. The first-order chi connectivity index (χ1) is 15.9. The third-order valence-electron chi connectivity index (χ3n) is 5.76. The molecule has 0 atom stereocenters. The molecule has 0 spiro atoms. The fourth-order valence-electron chi connectivity index (χ4n) is 3.75. The van der Waals surface area contributed by atoms with Gasteiger partial charge < -0.3 is 10.2 Å². The molecule has 34 heavy (non-hydrogen) atoms. The van der Waals surface area contributed by atoms with Gasteiger partial charge in [-0.05, 0) is 61.1 Å². The topological polar surface area (TPSA) is 78.5 Å². The number of halogens is 3. The predicted octanol–water partition coefficient (Wildman–Crippen LogP) is 5.13. The van der Waals surface area contributed by atoms with Gasteiger partial charge in [0.05, 0.1) is 16.0 Å². The fourth-order valence-corrected chi connectivity index (χ4v) is 4.85. The zero-order chi connectivity index (χ0) is 25.1. The Kier molecular flexibility index (Phi) is 7.80. The lowest BCUT2D eigenvalue weighted by Gasteiger charge is -2.33. The summed E-state index contributed by atoms with van der Waals surface area (Å²) in [5.41, 5.74) is 0.0645. The van der Waals surface area contributed by atoms with E-state index in [1.807, 2.05) is 13.8 Å². The molecular formula is C24H30F3N3O3S. The van der Waals surface area contributed by atoms with Gasteiger partial charge in [0.1, 0.15) is 0 Å². The largest absolute Gasteiger partial charge is 0.416 e. The molecule has 0 saturated carbocycles. The van der Waals surface area contributed by atoms with Crippen LogP contribution in [0.2, 0.25) is 0 Å². The Hall–Kier alpha value is -2.75. The minimum absolute atomic E-state index is 0.0984. The maximum absolute atomic E-state index is 13.0. The predicted molar refractivity (Wildman–Crippen MR) is 126 cm³/mol. The van der Waals surface area contributed by atoms with Crippen LogP contribution in [0.5, 0.6) is 0 Å². The molecule has 6 nitrogen and oxygen atoms in total. The third-order valence-corrected chi connectivity index (χ3v) is 7.14. The molecule has 10 heteroatoms. The number of benzene rings is 2. The number of hydrogen-bond donors (Lipinski definition) is 2. The Morgan fingerprint density at radius 3 is 2.41 bits per heavy atom. The molecule has 2 aromatic carbocycles. The maximum Gasteiger partial charge on any atom is 0.416 e. The van der Waals surface area contributed by atoms with Crippen LogP contribution in [0.1, 0.15) is 49.5 Å². The zero-order valence-electron chi connectivity index (χ0n) is 19.4. The highest BCUT2D eigenvalue weighted by molar-refractivity contribution is 7.92. The number of anilines is 2. The number of carbonyl (C=O) groups excluding carboxylic acids is 1. The van der Waals surface area contributed by atoms with E-state index in [1.54, 1.807) is 6.07 Å². The summed E-state index contributed by atoms with van der Waals surface area (Å²) in [4.78, 5) is 14.6. The quantitative estimate of drug-likeness (QED) is 0.556. The van der Waals surface area contributed by atoms with Crippen molar-refractivity contribution in [2.75, 3.05) is 29.3 Å². The van der Waals surface area contributed by atoms with Gasteiger partial charge in [0, 0.05) is 31.0 Å². The number of carbonyl (C=O) groups is 1. The van der Waals surface area contributed by atoms with E-state index in [0.29, 0.717) is 29.8 Å². The lowest BCUT2D eigenvalue weighted by molar-refractivity contribution is -0.137. The number of nitrogens with zero attached hydrogens (tertiary/aromatic N) is 1. The van der Waals surface area contributed by atoms with E-state index in [0.717, 1.165) is 44.1 Å². The molecule has 1 aliphatic rings. The number of amides is 1. The highest BCUT2D eigenvalue weighted by atomic mass is 32.2.